The highest BCUT2D eigenvalue weighted by atomic mass is 16.3. The number of carbonyl (C=O) groups is 1. The molecular weight excluding hydrogens is 266 g/mol. The van der Waals surface area contributed by atoms with Crippen molar-refractivity contribution in [3.63, 3.8) is 0 Å². The lowest BCUT2D eigenvalue weighted by Gasteiger charge is -2.26. The van der Waals surface area contributed by atoms with Gasteiger partial charge in [0.1, 0.15) is 0 Å². The van der Waals surface area contributed by atoms with E-state index in [9.17, 15) is 9.90 Å². The van der Waals surface area contributed by atoms with Gasteiger partial charge < -0.3 is 15.7 Å². The van der Waals surface area contributed by atoms with Crippen LogP contribution in [0.3, 0.4) is 0 Å². The quantitative estimate of drug-likeness (QED) is 0.750. The molecule has 0 bridgehead atoms. The second-order valence-electron chi connectivity index (χ2n) is 6.06. The van der Waals surface area contributed by atoms with E-state index in [2.05, 4.69) is 16.7 Å². The van der Waals surface area contributed by atoms with Crippen LogP contribution in [0.1, 0.15) is 38.3 Å². The van der Waals surface area contributed by atoms with Crippen molar-refractivity contribution in [1.29, 1.82) is 5.26 Å². The molecule has 0 aliphatic rings. The summed E-state index contributed by atoms with van der Waals surface area (Å²) in [6.07, 6.45) is 0.242. The molecule has 0 heterocycles. The lowest BCUT2D eigenvalue weighted by Crippen LogP contribution is -2.41. The van der Waals surface area contributed by atoms with Gasteiger partial charge in [-0.15, -0.1) is 0 Å². The molecular formula is C16H23N3O2. The summed E-state index contributed by atoms with van der Waals surface area (Å²) in [5.41, 5.74) is 1.38. The van der Waals surface area contributed by atoms with Crippen molar-refractivity contribution >= 4 is 6.03 Å². The summed E-state index contributed by atoms with van der Waals surface area (Å²) in [7, 11) is 0. The monoisotopic (exact) mass is 289 g/mol. The molecule has 0 aromatic heterocycles. The first-order valence-corrected chi connectivity index (χ1v) is 7.01. The third-order valence-electron chi connectivity index (χ3n) is 3.11. The molecule has 5 nitrogen and oxygen atoms in total. The van der Waals surface area contributed by atoms with Gasteiger partial charge in [-0.05, 0) is 36.5 Å². The minimum Gasteiger partial charge on any atom is -0.393 e. The fourth-order valence-corrected chi connectivity index (χ4v) is 2.13. The molecule has 0 saturated carbocycles. The SMILES string of the molecule is CC(O)CC(C)(C)CNC(=O)NCc1ccc(C#N)cc1. The van der Waals surface area contributed by atoms with Crippen LogP contribution in [-0.4, -0.2) is 23.8 Å². The molecule has 3 N–H and O–H groups in total. The number of amides is 2. The second-order valence-corrected chi connectivity index (χ2v) is 6.06. The van der Waals surface area contributed by atoms with Crippen molar-refractivity contribution in [3.8, 4) is 6.07 Å². The Bertz CT molecular complexity index is 501. The van der Waals surface area contributed by atoms with E-state index in [1.807, 2.05) is 26.0 Å². The second kappa shape index (κ2) is 7.65. The number of nitrogens with one attached hydrogen (secondary N) is 2. The summed E-state index contributed by atoms with van der Waals surface area (Å²) in [6.45, 7) is 6.65. The van der Waals surface area contributed by atoms with Crippen molar-refractivity contribution in [2.75, 3.05) is 6.54 Å². The van der Waals surface area contributed by atoms with E-state index in [1.54, 1.807) is 19.1 Å². The molecule has 2 amide bonds. The van der Waals surface area contributed by atoms with Crippen LogP contribution < -0.4 is 10.6 Å². The van der Waals surface area contributed by atoms with E-state index in [1.165, 1.54) is 0 Å². The minimum absolute atomic E-state index is 0.153. The van der Waals surface area contributed by atoms with Gasteiger partial charge in [-0.1, -0.05) is 26.0 Å². The average Bonchev–Trinajstić information content (AvgIpc) is 2.42. The topological polar surface area (TPSA) is 85.2 Å². The Morgan fingerprint density at radius 3 is 2.48 bits per heavy atom. The van der Waals surface area contributed by atoms with Crippen molar-refractivity contribution in [3.05, 3.63) is 35.4 Å². The minimum atomic E-state index is -0.386. The van der Waals surface area contributed by atoms with Gasteiger partial charge in [0.05, 0.1) is 17.7 Å². The summed E-state index contributed by atoms with van der Waals surface area (Å²) in [4.78, 5) is 11.7. The predicted octanol–water partition coefficient (Wildman–Crippen LogP) is 2.15. The van der Waals surface area contributed by atoms with E-state index in [4.69, 9.17) is 5.26 Å². The van der Waals surface area contributed by atoms with Crippen LogP contribution >= 0.6 is 0 Å². The number of hydrogen-bond acceptors (Lipinski definition) is 3. The Labute approximate surface area is 126 Å². The highest BCUT2D eigenvalue weighted by Gasteiger charge is 2.20. The molecule has 1 unspecified atom stereocenters. The Morgan fingerprint density at radius 2 is 1.95 bits per heavy atom. The molecule has 0 radical (unpaired) electrons. The summed E-state index contributed by atoms with van der Waals surface area (Å²) in [6, 6.07) is 8.89. The third-order valence-corrected chi connectivity index (χ3v) is 3.11. The van der Waals surface area contributed by atoms with Crippen LogP contribution in [-0.2, 0) is 6.54 Å². The Morgan fingerprint density at radius 1 is 1.33 bits per heavy atom. The normalized spacial score (nSPS) is 12.3. The largest absolute Gasteiger partial charge is 0.393 e. The number of hydrogen-bond donors (Lipinski definition) is 3. The molecule has 1 aromatic carbocycles. The fraction of sp³-hybridized carbons (Fsp3) is 0.500. The van der Waals surface area contributed by atoms with Gasteiger partial charge in [-0.3, -0.25) is 0 Å². The maximum atomic E-state index is 11.7. The van der Waals surface area contributed by atoms with Crippen molar-refractivity contribution in [1.82, 2.24) is 10.6 Å². The highest BCUT2D eigenvalue weighted by molar-refractivity contribution is 5.73. The molecule has 1 rings (SSSR count). The molecule has 114 valence electrons. The smallest absolute Gasteiger partial charge is 0.315 e. The van der Waals surface area contributed by atoms with Gasteiger partial charge in [0.15, 0.2) is 0 Å². The zero-order valence-corrected chi connectivity index (χ0v) is 12.8. The first kappa shape index (κ1) is 17.0. The van der Waals surface area contributed by atoms with E-state index in [0.29, 0.717) is 25.1 Å². The zero-order valence-electron chi connectivity index (χ0n) is 12.8. The Kier molecular flexibility index (Phi) is 6.19. The zero-order chi connectivity index (χ0) is 15.9. The molecule has 1 atom stereocenters. The van der Waals surface area contributed by atoms with Gasteiger partial charge in [0.2, 0.25) is 0 Å². The van der Waals surface area contributed by atoms with Crippen LogP contribution in [0.4, 0.5) is 4.79 Å². The van der Waals surface area contributed by atoms with E-state index >= 15 is 0 Å². The number of aliphatic hydroxyl groups is 1. The van der Waals surface area contributed by atoms with Gasteiger partial charge >= 0.3 is 6.03 Å². The van der Waals surface area contributed by atoms with Crippen LogP contribution in [0.5, 0.6) is 0 Å². The van der Waals surface area contributed by atoms with Gasteiger partial charge in [-0.2, -0.15) is 5.26 Å². The number of aliphatic hydroxyl groups excluding tert-OH is 1. The molecule has 0 spiro atoms. The van der Waals surface area contributed by atoms with Crippen molar-refractivity contribution < 1.29 is 9.90 Å². The van der Waals surface area contributed by atoms with Crippen molar-refractivity contribution in [2.45, 2.75) is 39.8 Å². The number of nitriles is 1. The Balaban J connectivity index is 2.35. The molecule has 0 aliphatic heterocycles. The third kappa shape index (κ3) is 6.77. The molecule has 5 heteroatoms. The number of benzene rings is 1. The first-order chi connectivity index (χ1) is 9.82. The molecule has 1 aromatic rings. The number of nitrogens with zero attached hydrogens (tertiary/aromatic N) is 1. The summed E-state index contributed by atoms with van der Waals surface area (Å²) in [5.74, 6) is 0. The fourth-order valence-electron chi connectivity index (χ4n) is 2.13. The van der Waals surface area contributed by atoms with Gasteiger partial charge in [0, 0.05) is 13.1 Å². The van der Waals surface area contributed by atoms with E-state index in [-0.39, 0.29) is 17.6 Å². The average molecular weight is 289 g/mol. The van der Waals surface area contributed by atoms with E-state index in [0.717, 1.165) is 5.56 Å². The molecule has 0 saturated heterocycles. The molecule has 0 fully saturated rings. The maximum Gasteiger partial charge on any atom is 0.315 e. The van der Waals surface area contributed by atoms with Gasteiger partial charge in [-0.25, -0.2) is 4.79 Å². The van der Waals surface area contributed by atoms with Crippen LogP contribution in [0.2, 0.25) is 0 Å². The first-order valence-electron chi connectivity index (χ1n) is 7.01. The summed E-state index contributed by atoms with van der Waals surface area (Å²) < 4.78 is 0. The van der Waals surface area contributed by atoms with Crippen LogP contribution in [0.15, 0.2) is 24.3 Å². The lowest BCUT2D eigenvalue weighted by molar-refractivity contribution is 0.129. The number of urea groups is 1. The lowest BCUT2D eigenvalue weighted by atomic mass is 9.87. The van der Waals surface area contributed by atoms with Crippen LogP contribution in [0.25, 0.3) is 0 Å². The standard InChI is InChI=1S/C16H23N3O2/c1-12(20)8-16(2,3)11-19-15(21)18-10-14-6-4-13(9-17)5-7-14/h4-7,12,20H,8,10-11H2,1-3H3,(H2,18,19,21). The van der Waals surface area contributed by atoms with Gasteiger partial charge in [0.25, 0.3) is 0 Å². The molecule has 0 aliphatic carbocycles. The highest BCUT2D eigenvalue weighted by Crippen LogP contribution is 2.20. The molecule has 21 heavy (non-hydrogen) atoms. The number of carbonyl (C=O) groups excluding carboxylic acids is 1. The summed E-state index contributed by atoms with van der Waals surface area (Å²) >= 11 is 0. The predicted molar refractivity (Wildman–Crippen MR) is 81.5 cm³/mol. The summed E-state index contributed by atoms with van der Waals surface area (Å²) in [5, 5.41) is 23.7. The maximum absolute atomic E-state index is 11.7. The van der Waals surface area contributed by atoms with Crippen molar-refractivity contribution in [2.24, 2.45) is 5.41 Å². The Hall–Kier alpha value is -2.06. The van der Waals surface area contributed by atoms with E-state index < -0.39 is 0 Å². The number of rotatable bonds is 6. The van der Waals surface area contributed by atoms with Crippen LogP contribution in [0, 0.1) is 16.7 Å².